The van der Waals surface area contributed by atoms with Gasteiger partial charge in [-0.3, -0.25) is 0 Å². The monoisotopic (exact) mass is 177 g/mol. The van der Waals surface area contributed by atoms with Crippen molar-refractivity contribution in [3.8, 4) is 0 Å². The predicted octanol–water partition coefficient (Wildman–Crippen LogP) is -2.44. The molecular formula is C6H9O6-3. The first kappa shape index (κ1) is 13.2. The molecule has 0 heterocycles. The lowest BCUT2D eigenvalue weighted by Crippen LogP contribution is -2.37. The fraction of sp³-hybridized carbons (Fsp3) is 0.667. The lowest BCUT2D eigenvalue weighted by atomic mass is 10.2. The minimum Gasteiger partial charge on any atom is -0.652 e. The fourth-order valence-corrected chi connectivity index (χ4v) is 0.235. The first-order valence-corrected chi connectivity index (χ1v) is 3.08. The van der Waals surface area contributed by atoms with Crippen molar-refractivity contribution in [1.82, 2.24) is 0 Å². The minimum absolute atomic E-state index is 0.225. The molecule has 0 unspecified atom stereocenters. The van der Waals surface area contributed by atoms with E-state index in [1.807, 2.05) is 13.8 Å². The van der Waals surface area contributed by atoms with Crippen LogP contribution in [-0.2, 0) is 4.74 Å². The SMILES string of the molecule is CC(C)COC(=O)[O-].O=C([O-])[O-]. The Labute approximate surface area is 69.4 Å². The molecule has 0 aromatic heterocycles. The molecule has 0 radical (unpaired) electrons. The van der Waals surface area contributed by atoms with Crippen molar-refractivity contribution in [1.29, 1.82) is 0 Å². The van der Waals surface area contributed by atoms with E-state index in [0.29, 0.717) is 0 Å². The molecule has 0 spiro atoms. The maximum atomic E-state index is 9.57. The molecule has 6 nitrogen and oxygen atoms in total. The zero-order chi connectivity index (χ0) is 10.1. The molecule has 0 saturated heterocycles. The number of carboxylic acid groups (broad SMARTS) is 3. The van der Waals surface area contributed by atoms with E-state index in [1.165, 1.54) is 0 Å². The van der Waals surface area contributed by atoms with Gasteiger partial charge in [0.1, 0.15) is 0 Å². The van der Waals surface area contributed by atoms with Crippen molar-refractivity contribution in [2.45, 2.75) is 13.8 Å². The molecule has 0 N–H and O–H groups in total. The van der Waals surface area contributed by atoms with Crippen molar-refractivity contribution < 1.29 is 29.6 Å². The highest BCUT2D eigenvalue weighted by atomic mass is 16.7. The van der Waals surface area contributed by atoms with Crippen LogP contribution in [0.25, 0.3) is 0 Å². The van der Waals surface area contributed by atoms with Crippen LogP contribution >= 0.6 is 0 Å². The molecule has 0 aromatic carbocycles. The van der Waals surface area contributed by atoms with E-state index in [2.05, 4.69) is 4.74 Å². The van der Waals surface area contributed by atoms with Gasteiger partial charge in [0.2, 0.25) is 0 Å². The topological polar surface area (TPSA) is 113 Å². The molecule has 6 heteroatoms. The molecule has 72 valence electrons. The summed E-state index contributed by atoms with van der Waals surface area (Å²) in [6, 6.07) is 0. The Morgan fingerprint density at radius 2 is 1.58 bits per heavy atom. The molecular weight excluding hydrogens is 168 g/mol. The summed E-state index contributed by atoms with van der Waals surface area (Å²) < 4.78 is 4.11. The molecule has 0 aliphatic carbocycles. The number of hydrogen-bond donors (Lipinski definition) is 0. The van der Waals surface area contributed by atoms with E-state index < -0.39 is 12.3 Å². The van der Waals surface area contributed by atoms with E-state index >= 15 is 0 Å². The number of rotatable bonds is 2. The van der Waals surface area contributed by atoms with Crippen molar-refractivity contribution in [2.75, 3.05) is 6.61 Å². The third-order valence-electron chi connectivity index (χ3n) is 0.535. The summed E-state index contributed by atoms with van der Waals surface area (Å²) in [6.07, 6.45) is -3.78. The van der Waals surface area contributed by atoms with Crippen LogP contribution in [0, 0.1) is 5.92 Å². The molecule has 0 aliphatic heterocycles. The molecule has 0 aliphatic rings. The Hall–Kier alpha value is -1.46. The minimum atomic E-state index is -2.33. The van der Waals surface area contributed by atoms with E-state index in [0.717, 1.165) is 0 Å². The maximum Gasteiger partial charge on any atom is 0.251 e. The van der Waals surface area contributed by atoms with Crippen LogP contribution in [0.3, 0.4) is 0 Å². The van der Waals surface area contributed by atoms with Crippen LogP contribution in [0.5, 0.6) is 0 Å². The fourth-order valence-electron chi connectivity index (χ4n) is 0.235. The van der Waals surface area contributed by atoms with Gasteiger partial charge >= 0.3 is 0 Å². The number of carbonyl (C=O) groups is 2. The summed E-state index contributed by atoms with van der Waals surface area (Å²) in [5.74, 6) is 0.243. The van der Waals surface area contributed by atoms with Gasteiger partial charge < -0.3 is 29.6 Å². The number of hydrogen-bond acceptors (Lipinski definition) is 6. The van der Waals surface area contributed by atoms with E-state index in [-0.39, 0.29) is 12.5 Å². The molecule has 0 rings (SSSR count). The third-order valence-corrected chi connectivity index (χ3v) is 0.535. The van der Waals surface area contributed by atoms with Gasteiger partial charge in [-0.2, -0.15) is 0 Å². The van der Waals surface area contributed by atoms with Crippen molar-refractivity contribution in [3.05, 3.63) is 0 Å². The van der Waals surface area contributed by atoms with Crippen molar-refractivity contribution in [2.24, 2.45) is 5.92 Å². The number of ether oxygens (including phenoxy) is 1. The zero-order valence-corrected chi connectivity index (χ0v) is 6.73. The van der Waals surface area contributed by atoms with Crippen LogP contribution in [0.1, 0.15) is 13.8 Å². The van der Waals surface area contributed by atoms with E-state index in [1.54, 1.807) is 0 Å². The molecule has 0 bridgehead atoms. The van der Waals surface area contributed by atoms with Crippen molar-refractivity contribution >= 4 is 12.3 Å². The molecule has 0 atom stereocenters. The van der Waals surface area contributed by atoms with Crippen molar-refractivity contribution in [3.63, 3.8) is 0 Å². The molecule has 0 amide bonds. The van der Waals surface area contributed by atoms with Gasteiger partial charge in [0, 0.05) is 6.61 Å². The second-order valence-corrected chi connectivity index (χ2v) is 2.20. The molecule has 12 heavy (non-hydrogen) atoms. The molecule has 0 fully saturated rings. The van der Waals surface area contributed by atoms with Gasteiger partial charge in [-0.05, 0) is 12.1 Å². The number of carbonyl (C=O) groups excluding carboxylic acids is 2. The largest absolute Gasteiger partial charge is 0.652 e. The first-order valence-electron chi connectivity index (χ1n) is 3.08. The Morgan fingerprint density at radius 1 is 1.25 bits per heavy atom. The Balaban J connectivity index is 0. The first-order chi connectivity index (χ1) is 5.36. The highest BCUT2D eigenvalue weighted by Gasteiger charge is 1.88. The summed E-state index contributed by atoms with van der Waals surface area (Å²) in [5, 5.41) is 26.2. The van der Waals surface area contributed by atoms with Crippen LogP contribution < -0.4 is 15.3 Å². The molecule has 0 saturated carbocycles. The average Bonchev–Trinajstić information content (AvgIpc) is 1.82. The summed E-state index contributed by atoms with van der Waals surface area (Å²) in [6.45, 7) is 3.95. The highest BCUT2D eigenvalue weighted by molar-refractivity contribution is 5.53. The Bertz CT molecular complexity index is 137. The lowest BCUT2D eigenvalue weighted by molar-refractivity contribution is -0.415. The maximum absolute atomic E-state index is 9.57. The van der Waals surface area contributed by atoms with Gasteiger partial charge in [-0.15, -0.1) is 0 Å². The Morgan fingerprint density at radius 3 is 1.67 bits per heavy atom. The van der Waals surface area contributed by atoms with Crippen LogP contribution in [0.4, 0.5) is 9.59 Å². The van der Waals surface area contributed by atoms with Gasteiger partial charge in [-0.1, -0.05) is 13.8 Å². The quantitative estimate of drug-likeness (QED) is 0.433. The van der Waals surface area contributed by atoms with E-state index in [9.17, 15) is 9.90 Å². The van der Waals surface area contributed by atoms with Crippen LogP contribution in [-0.4, -0.2) is 18.9 Å². The second kappa shape index (κ2) is 7.64. The summed E-state index contributed by atoms with van der Waals surface area (Å²) in [7, 11) is 0. The van der Waals surface area contributed by atoms with E-state index in [4.69, 9.17) is 15.0 Å². The van der Waals surface area contributed by atoms with Crippen LogP contribution in [0.2, 0.25) is 0 Å². The predicted molar refractivity (Wildman–Crippen MR) is 31.6 cm³/mol. The van der Waals surface area contributed by atoms with Gasteiger partial charge in [0.25, 0.3) is 6.16 Å². The summed E-state index contributed by atoms with van der Waals surface area (Å²) in [4.78, 5) is 17.9. The Kier molecular flexibility index (Phi) is 8.38. The average molecular weight is 177 g/mol. The highest BCUT2D eigenvalue weighted by Crippen LogP contribution is 1.90. The van der Waals surface area contributed by atoms with Gasteiger partial charge in [-0.25, -0.2) is 0 Å². The summed E-state index contributed by atoms with van der Waals surface area (Å²) in [5.41, 5.74) is 0. The molecule has 0 aromatic rings. The summed E-state index contributed by atoms with van der Waals surface area (Å²) >= 11 is 0. The smallest absolute Gasteiger partial charge is 0.251 e. The standard InChI is InChI=1S/C5H10O3.CH2O3/c1-4(2)3-8-5(6)7;2-1(3)4/h4H,3H2,1-2H3,(H,6,7);(H2,2,3,4)/p-3. The van der Waals surface area contributed by atoms with Gasteiger partial charge in [0.15, 0.2) is 0 Å². The normalized spacial score (nSPS) is 8.25. The second-order valence-electron chi connectivity index (χ2n) is 2.20. The third kappa shape index (κ3) is 38.7. The van der Waals surface area contributed by atoms with Gasteiger partial charge in [0.05, 0.1) is 0 Å². The van der Waals surface area contributed by atoms with Crippen LogP contribution in [0.15, 0.2) is 0 Å². The lowest BCUT2D eigenvalue weighted by Gasteiger charge is -2.09. The zero-order valence-electron chi connectivity index (χ0n) is 6.73.